The van der Waals surface area contributed by atoms with Crippen molar-refractivity contribution in [3.63, 3.8) is 0 Å². The fourth-order valence-electron chi connectivity index (χ4n) is 0.929. The monoisotopic (exact) mass is 149 g/mol. The number of imidazole rings is 1. The molecule has 0 radical (unpaired) electrons. The van der Waals surface area contributed by atoms with Crippen LogP contribution in [0.5, 0.6) is 0 Å². The molecule has 10 heavy (non-hydrogen) atoms. The Kier molecular flexibility index (Phi) is 1.11. The van der Waals surface area contributed by atoms with Gasteiger partial charge in [-0.1, -0.05) is 12.1 Å². The van der Waals surface area contributed by atoms with Crippen molar-refractivity contribution in [3.8, 4) is 0 Å². The van der Waals surface area contributed by atoms with Gasteiger partial charge >= 0.3 is 0 Å². The Bertz CT molecular complexity index is 320. The minimum absolute atomic E-state index is 0.557. The zero-order valence-corrected chi connectivity index (χ0v) is 5.98. The maximum absolute atomic E-state index is 4.85. The summed E-state index contributed by atoms with van der Waals surface area (Å²) in [6.45, 7) is 0. The summed E-state index contributed by atoms with van der Waals surface area (Å²) >= 11 is 4.85. The van der Waals surface area contributed by atoms with Crippen LogP contribution in [0.1, 0.15) is 0 Å². The van der Waals surface area contributed by atoms with Gasteiger partial charge in [-0.3, -0.25) is 4.98 Å². The highest BCUT2D eigenvalue weighted by Gasteiger charge is 1.90. The van der Waals surface area contributed by atoms with Crippen LogP contribution in [0, 0.1) is 0 Å². The van der Waals surface area contributed by atoms with Crippen molar-refractivity contribution in [1.29, 1.82) is 0 Å². The maximum Gasteiger partial charge on any atom is 0.0863 e. The predicted octanol–water partition coefficient (Wildman–Crippen LogP) is 1.47. The number of nitrogens with one attached hydrogen (secondary N) is 1. The van der Waals surface area contributed by atoms with E-state index in [4.69, 9.17) is 12.6 Å². The summed E-state index contributed by atoms with van der Waals surface area (Å²) in [4.78, 5) is 7.03. The quantitative estimate of drug-likeness (QED) is 0.574. The molecule has 1 N–H and O–H groups in total. The number of benzene rings is 1. The van der Waals surface area contributed by atoms with E-state index in [1.165, 1.54) is 0 Å². The van der Waals surface area contributed by atoms with E-state index in [9.17, 15) is 0 Å². The molecule has 0 saturated carbocycles. The molecule has 0 fully saturated rings. The smallest absolute Gasteiger partial charge is 0.0863 e. The van der Waals surface area contributed by atoms with Crippen molar-refractivity contribution in [3.05, 3.63) is 24.3 Å². The summed E-state index contributed by atoms with van der Waals surface area (Å²) in [6, 6.07) is 7.78. The maximum atomic E-state index is 4.85. The first-order valence-corrected chi connectivity index (χ1v) is 3.39. The number of hydrogen-bond acceptors (Lipinski definition) is 2. The number of nitrogens with zero attached hydrogens (tertiary/aromatic N) is 1. The molecule has 1 aromatic carbocycles. The highest BCUT2D eigenvalue weighted by molar-refractivity contribution is 7.58. The molecule has 0 saturated heterocycles. The van der Waals surface area contributed by atoms with Gasteiger partial charge < -0.3 is 17.6 Å². The average molecular weight is 149 g/mol. The molecule has 2 nitrogen and oxygen atoms in total. The molecule has 0 bridgehead atoms. The number of hydrogen-bond donors (Lipinski definition) is 1. The van der Waals surface area contributed by atoms with Crippen LogP contribution in [-0.2, 0) is 12.6 Å². The molecule has 0 spiro atoms. The Morgan fingerprint density at radius 1 is 1.30 bits per heavy atom. The number of fused-ring (bicyclic) bond motifs is 1. The summed E-state index contributed by atoms with van der Waals surface area (Å²) in [7, 11) is 0. The lowest BCUT2D eigenvalue weighted by Crippen LogP contribution is -1.67. The van der Waals surface area contributed by atoms with Crippen molar-refractivity contribution in [2.45, 2.75) is 5.16 Å². The second kappa shape index (κ2) is 1.95. The average Bonchev–Trinajstić information content (AvgIpc) is 2.27. The fraction of sp³-hybridized carbons (Fsp3) is 0. The topological polar surface area (TPSA) is 28.7 Å². The molecular formula is C7H5N2S-. The first-order valence-electron chi connectivity index (χ1n) is 2.98. The molecule has 2 aromatic rings. The van der Waals surface area contributed by atoms with E-state index in [1.807, 2.05) is 24.3 Å². The number of H-pyrrole nitrogens is 1. The summed E-state index contributed by atoms with van der Waals surface area (Å²) in [5.74, 6) is 0. The molecule has 0 aliphatic heterocycles. The van der Waals surface area contributed by atoms with Crippen LogP contribution in [0.15, 0.2) is 29.4 Å². The van der Waals surface area contributed by atoms with Gasteiger partial charge in [-0.05, 0) is 17.3 Å². The van der Waals surface area contributed by atoms with Gasteiger partial charge in [0.25, 0.3) is 0 Å². The lowest BCUT2D eigenvalue weighted by atomic mass is 10.3. The van der Waals surface area contributed by atoms with Crippen molar-refractivity contribution in [2.75, 3.05) is 0 Å². The minimum Gasteiger partial charge on any atom is -0.742 e. The molecule has 50 valence electrons. The second-order valence-corrected chi connectivity index (χ2v) is 2.45. The van der Waals surface area contributed by atoms with Crippen LogP contribution in [0.25, 0.3) is 11.0 Å². The van der Waals surface area contributed by atoms with Gasteiger partial charge in [-0.15, -0.1) is 0 Å². The Balaban J connectivity index is 2.88. The van der Waals surface area contributed by atoms with E-state index in [2.05, 4.69) is 9.97 Å². The Hall–Kier alpha value is -1.09. The van der Waals surface area contributed by atoms with Crippen molar-refractivity contribution in [1.82, 2.24) is 9.97 Å². The third kappa shape index (κ3) is 0.752. The van der Waals surface area contributed by atoms with E-state index in [0.29, 0.717) is 5.16 Å². The van der Waals surface area contributed by atoms with E-state index in [0.717, 1.165) is 11.0 Å². The van der Waals surface area contributed by atoms with Gasteiger partial charge in [0.1, 0.15) is 0 Å². The van der Waals surface area contributed by atoms with Crippen LogP contribution in [0.4, 0.5) is 0 Å². The number of rotatable bonds is 0. The van der Waals surface area contributed by atoms with Gasteiger partial charge in [0.15, 0.2) is 0 Å². The highest BCUT2D eigenvalue weighted by Crippen LogP contribution is 2.08. The van der Waals surface area contributed by atoms with Crippen LogP contribution in [-0.4, -0.2) is 9.97 Å². The van der Waals surface area contributed by atoms with Crippen LogP contribution >= 0.6 is 0 Å². The first kappa shape index (κ1) is 5.68. The van der Waals surface area contributed by atoms with E-state index in [-0.39, 0.29) is 0 Å². The Morgan fingerprint density at radius 3 is 2.90 bits per heavy atom. The van der Waals surface area contributed by atoms with Gasteiger partial charge in [-0.2, -0.15) is 0 Å². The third-order valence-electron chi connectivity index (χ3n) is 1.37. The summed E-state index contributed by atoms with van der Waals surface area (Å²) in [5.41, 5.74) is 1.94. The number of aromatic nitrogens is 2. The number of aromatic amines is 1. The van der Waals surface area contributed by atoms with Crippen molar-refractivity contribution in [2.24, 2.45) is 0 Å². The lowest BCUT2D eigenvalue weighted by molar-refractivity contribution is 1.09. The largest absolute Gasteiger partial charge is 0.742 e. The normalized spacial score (nSPS) is 10.4. The molecule has 1 aromatic heterocycles. The molecular weight excluding hydrogens is 144 g/mol. The van der Waals surface area contributed by atoms with Crippen LogP contribution < -0.4 is 0 Å². The lowest BCUT2D eigenvalue weighted by Gasteiger charge is -1.90. The van der Waals surface area contributed by atoms with Crippen LogP contribution in [0.2, 0.25) is 0 Å². The molecule has 1 heterocycles. The molecule has 0 atom stereocenters. The molecule has 0 unspecified atom stereocenters. The molecule has 3 heteroatoms. The summed E-state index contributed by atoms with van der Waals surface area (Å²) in [5, 5.41) is 0.557. The van der Waals surface area contributed by atoms with Gasteiger partial charge in [0.05, 0.1) is 11.0 Å². The molecule has 0 amide bonds. The van der Waals surface area contributed by atoms with E-state index in [1.54, 1.807) is 0 Å². The summed E-state index contributed by atoms with van der Waals surface area (Å²) < 4.78 is 0. The molecule has 2 rings (SSSR count). The van der Waals surface area contributed by atoms with Crippen molar-refractivity contribution < 1.29 is 0 Å². The van der Waals surface area contributed by atoms with E-state index >= 15 is 0 Å². The summed E-state index contributed by atoms with van der Waals surface area (Å²) in [6.07, 6.45) is 0. The predicted molar refractivity (Wildman–Crippen MR) is 41.7 cm³/mol. The minimum atomic E-state index is 0.557. The third-order valence-corrected chi connectivity index (χ3v) is 1.56. The zero-order valence-electron chi connectivity index (χ0n) is 5.16. The first-order chi connectivity index (χ1) is 4.86. The standard InChI is InChI=1S/C7H6N2S/c10-7-8-5-3-1-2-4-6(5)9-7/h1-4H,(H2,8,9,10)/p-1. The molecule has 0 aliphatic rings. The fourth-order valence-corrected chi connectivity index (χ4v) is 1.14. The van der Waals surface area contributed by atoms with Gasteiger partial charge in [-0.25, -0.2) is 0 Å². The zero-order chi connectivity index (χ0) is 6.97. The highest BCUT2D eigenvalue weighted by atomic mass is 32.1. The van der Waals surface area contributed by atoms with Gasteiger partial charge in [0.2, 0.25) is 0 Å². The van der Waals surface area contributed by atoms with Crippen molar-refractivity contribution >= 4 is 23.7 Å². The Labute approximate surface area is 63.7 Å². The van der Waals surface area contributed by atoms with E-state index < -0.39 is 0 Å². The number of para-hydroxylation sites is 2. The Morgan fingerprint density at radius 2 is 2.10 bits per heavy atom. The second-order valence-electron chi connectivity index (χ2n) is 2.06. The van der Waals surface area contributed by atoms with Crippen LogP contribution in [0.3, 0.4) is 0 Å². The molecule has 0 aliphatic carbocycles. The SMILES string of the molecule is [S-]c1nc2ccccc2[nH]1. The van der Waals surface area contributed by atoms with Gasteiger partial charge in [0, 0.05) is 0 Å².